The minimum Gasteiger partial charge on any atom is -0.454 e. The molecule has 1 aromatic heterocycles. The fraction of sp³-hybridized carbons (Fsp3) is 0.273. The molecule has 3 aromatic rings. The van der Waals surface area contributed by atoms with Gasteiger partial charge in [-0.25, -0.2) is 9.78 Å². The van der Waals surface area contributed by atoms with Crippen LogP contribution in [0.4, 0.5) is 4.79 Å². The summed E-state index contributed by atoms with van der Waals surface area (Å²) in [5.74, 6) is 1.41. The van der Waals surface area contributed by atoms with Crippen LogP contribution in [0.5, 0.6) is 11.5 Å². The molecule has 6 nitrogen and oxygen atoms in total. The molecule has 2 heterocycles. The molecule has 0 N–H and O–H groups in total. The van der Waals surface area contributed by atoms with Crippen molar-refractivity contribution in [3.8, 4) is 11.5 Å². The number of fused-ring (bicyclic) bond motifs is 2. The summed E-state index contributed by atoms with van der Waals surface area (Å²) in [6.07, 6.45) is 0. The van der Waals surface area contributed by atoms with Gasteiger partial charge in [-0.2, -0.15) is 0 Å². The molecule has 0 bridgehead atoms. The second-order valence-electron chi connectivity index (χ2n) is 7.36. The van der Waals surface area contributed by atoms with Crippen molar-refractivity contribution in [1.82, 2.24) is 14.8 Å². The zero-order chi connectivity index (χ0) is 20.5. The first kappa shape index (κ1) is 19.3. The van der Waals surface area contributed by atoms with Crippen molar-refractivity contribution in [2.24, 2.45) is 0 Å². The van der Waals surface area contributed by atoms with Crippen LogP contribution in [0.25, 0.3) is 10.9 Å². The Morgan fingerprint density at radius 2 is 1.86 bits per heavy atom. The summed E-state index contributed by atoms with van der Waals surface area (Å²) in [7, 11) is 3.47. The number of amides is 2. The summed E-state index contributed by atoms with van der Waals surface area (Å²) < 4.78 is 10.8. The van der Waals surface area contributed by atoms with Crippen LogP contribution in [0.1, 0.15) is 16.7 Å². The molecule has 0 radical (unpaired) electrons. The zero-order valence-corrected chi connectivity index (χ0v) is 17.4. The fourth-order valence-electron chi connectivity index (χ4n) is 3.37. The lowest BCUT2D eigenvalue weighted by Gasteiger charge is -2.27. The highest BCUT2D eigenvalue weighted by molar-refractivity contribution is 6.30. The monoisotopic (exact) mass is 411 g/mol. The Morgan fingerprint density at radius 3 is 2.66 bits per heavy atom. The number of nitrogens with zero attached hydrogens (tertiary/aromatic N) is 3. The van der Waals surface area contributed by atoms with Gasteiger partial charge in [0.1, 0.15) is 5.15 Å². The van der Waals surface area contributed by atoms with E-state index in [2.05, 4.69) is 11.1 Å². The highest BCUT2D eigenvalue weighted by atomic mass is 35.5. The second-order valence-corrected chi connectivity index (χ2v) is 7.71. The number of aromatic nitrogens is 1. The first-order chi connectivity index (χ1) is 13.9. The Hall–Kier alpha value is -2.99. The maximum atomic E-state index is 12.8. The van der Waals surface area contributed by atoms with Gasteiger partial charge < -0.3 is 19.3 Å². The van der Waals surface area contributed by atoms with Crippen LogP contribution in [-0.2, 0) is 13.1 Å². The molecule has 0 saturated carbocycles. The van der Waals surface area contributed by atoms with Gasteiger partial charge in [0.05, 0.1) is 12.1 Å². The van der Waals surface area contributed by atoms with Gasteiger partial charge in [0, 0.05) is 31.6 Å². The summed E-state index contributed by atoms with van der Waals surface area (Å²) in [4.78, 5) is 20.6. The number of ether oxygens (including phenoxy) is 2. The molecule has 0 spiro atoms. The van der Waals surface area contributed by atoms with Crippen LogP contribution < -0.4 is 9.47 Å². The predicted octanol–water partition coefficient (Wildman–Crippen LogP) is 4.61. The molecule has 29 heavy (non-hydrogen) atoms. The third-order valence-electron chi connectivity index (χ3n) is 4.82. The molecule has 4 rings (SSSR count). The molecule has 0 unspecified atom stereocenters. The third kappa shape index (κ3) is 4.07. The number of hydrogen-bond donors (Lipinski definition) is 0. The van der Waals surface area contributed by atoms with E-state index in [0.717, 1.165) is 33.3 Å². The number of halogens is 1. The van der Waals surface area contributed by atoms with Crippen LogP contribution in [0.3, 0.4) is 0 Å². The molecule has 0 atom stereocenters. The summed E-state index contributed by atoms with van der Waals surface area (Å²) in [5, 5.41) is 1.41. The standard InChI is InChI=1S/C22H22ClN3O3/c1-14-4-6-18-16(8-14)10-17(21(23)24-18)12-26(22(27)25(2)3)11-15-5-7-19-20(9-15)29-13-28-19/h4-10H,11-13H2,1-3H3. The smallest absolute Gasteiger partial charge is 0.320 e. The van der Waals surface area contributed by atoms with Gasteiger partial charge in [0.15, 0.2) is 11.5 Å². The average molecular weight is 412 g/mol. The van der Waals surface area contributed by atoms with Crippen molar-refractivity contribution in [2.75, 3.05) is 20.9 Å². The number of pyridine rings is 1. The lowest BCUT2D eigenvalue weighted by molar-refractivity contribution is 0.165. The van der Waals surface area contributed by atoms with Crippen molar-refractivity contribution in [3.63, 3.8) is 0 Å². The molecular weight excluding hydrogens is 390 g/mol. The Bertz CT molecular complexity index is 1080. The van der Waals surface area contributed by atoms with Gasteiger partial charge in [-0.1, -0.05) is 29.3 Å². The van der Waals surface area contributed by atoms with Gasteiger partial charge in [-0.05, 0) is 42.8 Å². The van der Waals surface area contributed by atoms with E-state index in [1.165, 1.54) is 0 Å². The predicted molar refractivity (Wildman–Crippen MR) is 112 cm³/mol. The first-order valence-corrected chi connectivity index (χ1v) is 9.69. The molecule has 150 valence electrons. The average Bonchev–Trinajstić information content (AvgIpc) is 3.15. The molecule has 0 saturated heterocycles. The van der Waals surface area contributed by atoms with Gasteiger partial charge in [0.25, 0.3) is 0 Å². The van der Waals surface area contributed by atoms with Crippen molar-refractivity contribution in [2.45, 2.75) is 20.0 Å². The van der Waals surface area contributed by atoms with E-state index in [1.54, 1.807) is 23.9 Å². The summed E-state index contributed by atoms with van der Waals surface area (Å²) in [6, 6.07) is 13.6. The van der Waals surface area contributed by atoms with E-state index < -0.39 is 0 Å². The van der Waals surface area contributed by atoms with Crippen LogP contribution in [0.15, 0.2) is 42.5 Å². The van der Waals surface area contributed by atoms with Gasteiger partial charge >= 0.3 is 6.03 Å². The Kier molecular flexibility index (Phi) is 5.20. The van der Waals surface area contributed by atoms with E-state index in [-0.39, 0.29) is 12.8 Å². The Labute approximate surface area is 174 Å². The molecule has 2 aromatic carbocycles. The maximum absolute atomic E-state index is 12.8. The van der Waals surface area contributed by atoms with Gasteiger partial charge in [-0.15, -0.1) is 0 Å². The number of rotatable bonds is 4. The minimum absolute atomic E-state index is 0.108. The summed E-state index contributed by atoms with van der Waals surface area (Å²) in [6.45, 7) is 3.02. The molecule has 2 amide bonds. The molecule has 0 fully saturated rings. The van der Waals surface area contributed by atoms with E-state index in [1.807, 2.05) is 43.3 Å². The highest BCUT2D eigenvalue weighted by Crippen LogP contribution is 2.33. The lowest BCUT2D eigenvalue weighted by atomic mass is 10.1. The number of carbonyl (C=O) groups is 1. The van der Waals surface area contributed by atoms with Crippen LogP contribution in [0.2, 0.25) is 5.15 Å². The molecule has 7 heteroatoms. The van der Waals surface area contributed by atoms with E-state index in [0.29, 0.717) is 24.0 Å². The summed E-state index contributed by atoms with van der Waals surface area (Å²) >= 11 is 6.45. The van der Waals surface area contributed by atoms with E-state index in [4.69, 9.17) is 21.1 Å². The SMILES string of the molecule is Cc1ccc2nc(Cl)c(CN(Cc3ccc4c(c3)OCO4)C(=O)N(C)C)cc2c1. The van der Waals surface area contributed by atoms with Crippen molar-refractivity contribution in [3.05, 3.63) is 64.3 Å². The third-order valence-corrected chi connectivity index (χ3v) is 5.15. The maximum Gasteiger partial charge on any atom is 0.320 e. The van der Waals surface area contributed by atoms with Crippen LogP contribution >= 0.6 is 11.6 Å². The number of urea groups is 1. The zero-order valence-electron chi connectivity index (χ0n) is 16.6. The van der Waals surface area contributed by atoms with Crippen molar-refractivity contribution >= 4 is 28.5 Å². The number of aryl methyl sites for hydroxylation is 1. The molecule has 1 aliphatic heterocycles. The largest absolute Gasteiger partial charge is 0.454 e. The first-order valence-electron chi connectivity index (χ1n) is 9.31. The Balaban J connectivity index is 1.64. The van der Waals surface area contributed by atoms with E-state index in [9.17, 15) is 4.79 Å². The number of hydrogen-bond acceptors (Lipinski definition) is 4. The fourth-order valence-corrected chi connectivity index (χ4v) is 3.57. The van der Waals surface area contributed by atoms with Crippen molar-refractivity contribution < 1.29 is 14.3 Å². The minimum atomic E-state index is -0.108. The van der Waals surface area contributed by atoms with Crippen LogP contribution in [-0.4, -0.2) is 41.7 Å². The van der Waals surface area contributed by atoms with Gasteiger partial charge in [0.2, 0.25) is 6.79 Å². The lowest BCUT2D eigenvalue weighted by Crippen LogP contribution is -2.38. The molecule has 1 aliphatic rings. The van der Waals surface area contributed by atoms with Gasteiger partial charge in [-0.3, -0.25) is 0 Å². The number of carbonyl (C=O) groups excluding carboxylic acids is 1. The topological polar surface area (TPSA) is 54.9 Å². The second kappa shape index (κ2) is 7.79. The Morgan fingerprint density at radius 1 is 1.07 bits per heavy atom. The quantitative estimate of drug-likeness (QED) is 0.588. The number of benzene rings is 2. The van der Waals surface area contributed by atoms with E-state index >= 15 is 0 Å². The highest BCUT2D eigenvalue weighted by Gasteiger charge is 2.20. The summed E-state index contributed by atoms with van der Waals surface area (Å²) in [5.41, 5.74) is 3.74. The normalized spacial score (nSPS) is 12.3. The van der Waals surface area contributed by atoms with Crippen molar-refractivity contribution in [1.29, 1.82) is 0 Å². The van der Waals surface area contributed by atoms with Crippen LogP contribution in [0, 0.1) is 6.92 Å². The molecular formula is C22H22ClN3O3. The molecule has 0 aliphatic carbocycles.